The molecule has 0 bridgehead atoms. The van der Waals surface area contributed by atoms with Crippen molar-refractivity contribution < 1.29 is 14.3 Å². The van der Waals surface area contributed by atoms with Gasteiger partial charge in [-0.15, -0.1) is 0 Å². The molecule has 0 radical (unpaired) electrons. The number of ketones is 1. The molecule has 1 aromatic carbocycles. The van der Waals surface area contributed by atoms with Crippen molar-refractivity contribution in [1.82, 2.24) is 0 Å². The van der Waals surface area contributed by atoms with E-state index in [9.17, 15) is 9.59 Å². The van der Waals surface area contributed by atoms with Gasteiger partial charge in [0, 0.05) is 5.56 Å². The third-order valence-electron chi connectivity index (χ3n) is 3.08. The predicted octanol–water partition coefficient (Wildman–Crippen LogP) is 3.13. The average Bonchev–Trinajstić information content (AvgIpc) is 2.32. The van der Waals surface area contributed by atoms with Crippen molar-refractivity contribution >= 4 is 23.4 Å². The molecular weight excluding hydrogens is 264 g/mol. The predicted molar refractivity (Wildman–Crippen MR) is 73.5 cm³/mol. The van der Waals surface area contributed by atoms with Crippen LogP contribution in [0.15, 0.2) is 24.3 Å². The smallest absolute Gasteiger partial charge is 0.335 e. The molecule has 4 heteroatoms. The number of aryl methyl sites for hydroxylation is 1. The molecule has 3 nitrogen and oxygen atoms in total. The Balaban J connectivity index is 2.32. The Hall–Kier alpha value is -1.35. The number of Topliss-reactive ketones (excluding diaryl/α,β-unsaturated/α-hetero) is 1. The lowest BCUT2D eigenvalue weighted by atomic mass is 9.82. The summed E-state index contributed by atoms with van der Waals surface area (Å²) in [6.45, 7) is 5.27. The summed E-state index contributed by atoms with van der Waals surface area (Å²) in [5, 5.41) is 0. The number of hydrogen-bond acceptors (Lipinski definition) is 3. The van der Waals surface area contributed by atoms with Gasteiger partial charge in [0.2, 0.25) is 4.87 Å². The highest BCUT2D eigenvalue weighted by Gasteiger charge is 2.49. The minimum atomic E-state index is -1.58. The van der Waals surface area contributed by atoms with Crippen LogP contribution >= 0.6 is 11.6 Å². The zero-order valence-corrected chi connectivity index (χ0v) is 12.1. The summed E-state index contributed by atoms with van der Waals surface area (Å²) in [7, 11) is 0. The lowest BCUT2D eigenvalue weighted by molar-refractivity contribution is -0.156. The molecule has 1 atom stereocenters. The Morgan fingerprint density at radius 3 is 2.58 bits per heavy atom. The molecule has 0 fully saturated rings. The summed E-state index contributed by atoms with van der Waals surface area (Å²) < 4.78 is 5.27. The number of fused-ring (bicyclic) bond motifs is 1. The molecule has 1 aliphatic carbocycles. The largest absolute Gasteiger partial charge is 0.458 e. The third-order valence-corrected chi connectivity index (χ3v) is 3.60. The highest BCUT2D eigenvalue weighted by Crippen LogP contribution is 2.35. The van der Waals surface area contributed by atoms with E-state index in [4.69, 9.17) is 16.3 Å². The molecule has 0 amide bonds. The molecule has 0 saturated heterocycles. The molecule has 102 valence electrons. The van der Waals surface area contributed by atoms with E-state index in [1.165, 1.54) is 0 Å². The van der Waals surface area contributed by atoms with Crippen LogP contribution in [0.25, 0.3) is 0 Å². The zero-order valence-electron chi connectivity index (χ0n) is 11.3. The Morgan fingerprint density at radius 2 is 1.95 bits per heavy atom. The molecule has 2 rings (SSSR count). The molecule has 0 unspecified atom stereocenters. The van der Waals surface area contributed by atoms with Crippen LogP contribution in [0.3, 0.4) is 0 Å². The van der Waals surface area contributed by atoms with Crippen LogP contribution < -0.4 is 0 Å². The number of benzene rings is 1. The van der Waals surface area contributed by atoms with Gasteiger partial charge in [-0.2, -0.15) is 0 Å². The van der Waals surface area contributed by atoms with Crippen LogP contribution in [0, 0.1) is 0 Å². The number of carbonyl (C=O) groups excluding carboxylic acids is 2. The van der Waals surface area contributed by atoms with Crippen molar-refractivity contribution in [3.63, 3.8) is 0 Å². The quantitative estimate of drug-likeness (QED) is 0.451. The first-order valence-electron chi connectivity index (χ1n) is 6.29. The average molecular weight is 281 g/mol. The molecular formula is C15H17ClO3. The molecule has 0 aliphatic heterocycles. The normalized spacial score (nSPS) is 22.8. The minimum Gasteiger partial charge on any atom is -0.458 e. The fourth-order valence-corrected chi connectivity index (χ4v) is 2.38. The van der Waals surface area contributed by atoms with Gasteiger partial charge in [-0.1, -0.05) is 35.9 Å². The van der Waals surface area contributed by atoms with Crippen LogP contribution in [0.2, 0.25) is 0 Å². The Kier molecular flexibility index (Phi) is 3.43. The number of ether oxygens (including phenoxy) is 1. The zero-order chi connectivity index (χ0) is 14.3. The summed E-state index contributed by atoms with van der Waals surface area (Å²) in [6.07, 6.45) is 0.879. The van der Waals surface area contributed by atoms with E-state index >= 15 is 0 Å². The van der Waals surface area contributed by atoms with Gasteiger partial charge in [-0.25, -0.2) is 4.79 Å². The molecule has 1 aromatic rings. The lowest BCUT2D eigenvalue weighted by Gasteiger charge is -2.32. The first-order valence-corrected chi connectivity index (χ1v) is 6.67. The molecule has 0 N–H and O–H groups in total. The number of carbonyl (C=O) groups is 2. The number of alkyl halides is 1. The van der Waals surface area contributed by atoms with Crippen LogP contribution in [-0.2, 0) is 16.0 Å². The van der Waals surface area contributed by atoms with E-state index in [2.05, 4.69) is 0 Å². The minimum absolute atomic E-state index is 0.277. The Morgan fingerprint density at radius 1 is 1.32 bits per heavy atom. The first-order chi connectivity index (χ1) is 8.74. The fourth-order valence-electron chi connectivity index (χ4n) is 2.15. The van der Waals surface area contributed by atoms with Gasteiger partial charge in [-0.3, -0.25) is 4.79 Å². The number of esters is 1. The summed E-state index contributed by atoms with van der Waals surface area (Å²) in [5.74, 6) is -1.01. The molecule has 0 saturated carbocycles. The SMILES string of the molecule is CC(C)(C)OC(=O)[C@@]1(Cl)CCc2ccccc2C1=O. The van der Waals surface area contributed by atoms with Gasteiger partial charge < -0.3 is 4.74 Å². The second kappa shape index (κ2) is 4.64. The fraction of sp³-hybridized carbons (Fsp3) is 0.467. The molecule has 0 aromatic heterocycles. The lowest BCUT2D eigenvalue weighted by Crippen LogP contribution is -2.48. The van der Waals surface area contributed by atoms with Crippen molar-refractivity contribution in [2.75, 3.05) is 0 Å². The highest BCUT2D eigenvalue weighted by molar-refractivity contribution is 6.48. The topological polar surface area (TPSA) is 43.4 Å². The third kappa shape index (κ3) is 2.66. The summed E-state index contributed by atoms with van der Waals surface area (Å²) >= 11 is 6.29. The Labute approximate surface area is 117 Å². The number of rotatable bonds is 1. The molecule has 19 heavy (non-hydrogen) atoms. The summed E-state index contributed by atoms with van der Waals surface area (Å²) in [4.78, 5) is 23.0. The maximum atomic E-state index is 12.4. The van der Waals surface area contributed by atoms with Gasteiger partial charge in [0.05, 0.1) is 0 Å². The monoisotopic (exact) mass is 280 g/mol. The van der Waals surface area contributed by atoms with Crippen molar-refractivity contribution in [1.29, 1.82) is 0 Å². The van der Waals surface area contributed by atoms with Crippen LogP contribution in [0.4, 0.5) is 0 Å². The van der Waals surface area contributed by atoms with Gasteiger partial charge >= 0.3 is 5.97 Å². The Bertz CT molecular complexity index is 530. The van der Waals surface area contributed by atoms with Crippen molar-refractivity contribution in [3.05, 3.63) is 35.4 Å². The van der Waals surface area contributed by atoms with Crippen LogP contribution in [-0.4, -0.2) is 22.2 Å². The van der Waals surface area contributed by atoms with E-state index < -0.39 is 16.4 Å². The van der Waals surface area contributed by atoms with E-state index in [-0.39, 0.29) is 12.2 Å². The van der Waals surface area contributed by atoms with E-state index in [1.54, 1.807) is 32.9 Å². The molecule has 1 aliphatic rings. The van der Waals surface area contributed by atoms with Crippen LogP contribution in [0.1, 0.15) is 43.1 Å². The van der Waals surface area contributed by atoms with E-state index in [0.29, 0.717) is 12.0 Å². The van der Waals surface area contributed by atoms with Gasteiger partial charge in [-0.05, 0) is 39.2 Å². The second-order valence-electron chi connectivity index (χ2n) is 5.79. The van der Waals surface area contributed by atoms with E-state index in [0.717, 1.165) is 5.56 Å². The van der Waals surface area contributed by atoms with Crippen molar-refractivity contribution in [2.45, 2.75) is 44.1 Å². The first kappa shape index (κ1) is 14.1. The van der Waals surface area contributed by atoms with Gasteiger partial charge in [0.1, 0.15) is 5.60 Å². The molecule has 0 heterocycles. The second-order valence-corrected chi connectivity index (χ2v) is 6.43. The van der Waals surface area contributed by atoms with Crippen molar-refractivity contribution in [3.8, 4) is 0 Å². The standard InChI is InChI=1S/C15H17ClO3/c1-14(2,3)19-13(18)15(16)9-8-10-6-4-5-7-11(10)12(15)17/h4-7H,8-9H2,1-3H3/t15-/m1/s1. The summed E-state index contributed by atoms with van der Waals surface area (Å²) in [5.41, 5.74) is 0.804. The molecule has 0 spiro atoms. The maximum Gasteiger partial charge on any atom is 0.335 e. The maximum absolute atomic E-state index is 12.4. The van der Waals surface area contributed by atoms with E-state index in [1.807, 2.05) is 12.1 Å². The highest BCUT2D eigenvalue weighted by atomic mass is 35.5. The number of hydrogen-bond donors (Lipinski definition) is 0. The van der Waals surface area contributed by atoms with Gasteiger partial charge in [0.25, 0.3) is 0 Å². The van der Waals surface area contributed by atoms with Crippen molar-refractivity contribution in [2.24, 2.45) is 0 Å². The van der Waals surface area contributed by atoms with Gasteiger partial charge in [0.15, 0.2) is 5.78 Å². The summed E-state index contributed by atoms with van der Waals surface area (Å²) in [6, 6.07) is 7.24. The van der Waals surface area contributed by atoms with Crippen LogP contribution in [0.5, 0.6) is 0 Å². The number of halogens is 1.